The first-order chi connectivity index (χ1) is 23.3. The first-order valence-electron chi connectivity index (χ1n) is 16.0. The Labute approximate surface area is 281 Å². The number of nitrogens with one attached hydrogen (secondary N) is 1. The molecule has 0 radical (unpaired) electrons. The second-order valence-electron chi connectivity index (χ2n) is 13.0. The van der Waals surface area contributed by atoms with E-state index in [9.17, 15) is 39.3 Å². The molecule has 6 rings (SSSR count). The van der Waals surface area contributed by atoms with Gasteiger partial charge in [0, 0.05) is 23.8 Å². The van der Waals surface area contributed by atoms with Gasteiger partial charge in [-0.2, -0.15) is 0 Å². The maximum absolute atomic E-state index is 14.4. The third-order valence-electron chi connectivity index (χ3n) is 10.0. The predicted octanol–water partition coefficient (Wildman–Crippen LogP) is 3.68. The third-order valence-corrected chi connectivity index (χ3v) is 10.0. The van der Waals surface area contributed by atoms with Crippen molar-refractivity contribution in [3.8, 4) is 5.75 Å². The van der Waals surface area contributed by atoms with Gasteiger partial charge in [0.1, 0.15) is 28.9 Å². The van der Waals surface area contributed by atoms with Crippen molar-refractivity contribution in [1.29, 1.82) is 0 Å². The van der Waals surface area contributed by atoms with E-state index in [0.29, 0.717) is 5.56 Å². The molecule has 12 heteroatoms. The van der Waals surface area contributed by atoms with Crippen LogP contribution in [0.3, 0.4) is 0 Å². The van der Waals surface area contributed by atoms with Crippen molar-refractivity contribution >= 4 is 51.6 Å². The zero-order chi connectivity index (χ0) is 35.5. The summed E-state index contributed by atoms with van der Waals surface area (Å²) >= 11 is 0. The van der Waals surface area contributed by atoms with Gasteiger partial charge >= 0.3 is 5.97 Å². The number of aliphatic hydroxyl groups excluding tert-OH is 2. The Morgan fingerprint density at radius 3 is 2.33 bits per heavy atom. The maximum Gasteiger partial charge on any atom is 0.305 e. The van der Waals surface area contributed by atoms with Crippen LogP contribution in [0.5, 0.6) is 5.75 Å². The second kappa shape index (κ2) is 12.5. The number of Topliss-reactive ketones (excluding diaryl/α,β-unsaturated/α-hetero) is 2. The Kier molecular flexibility index (Phi) is 8.53. The van der Waals surface area contributed by atoms with Gasteiger partial charge in [-0.15, -0.1) is 0 Å². The number of ketones is 2. The molecule has 3 aliphatic carbocycles. The van der Waals surface area contributed by atoms with E-state index >= 15 is 0 Å². The summed E-state index contributed by atoms with van der Waals surface area (Å²) < 4.78 is 5.94. The number of fused-ring (bicyclic) bond motifs is 4. The van der Waals surface area contributed by atoms with E-state index in [4.69, 9.17) is 10.5 Å². The number of hydrogen-bond donors (Lipinski definition) is 5. The minimum atomic E-state index is -1.65. The van der Waals surface area contributed by atoms with Crippen LogP contribution in [0.4, 0.5) is 5.69 Å². The topological polar surface area (TPSA) is 197 Å². The molecular formula is C37H37N3O9. The fourth-order valence-electron chi connectivity index (χ4n) is 7.88. The first-order valence-corrected chi connectivity index (χ1v) is 16.0. The fraction of sp³-hybridized carbons (Fsp3) is 0.324. The molecule has 3 unspecified atom stereocenters. The van der Waals surface area contributed by atoms with Crippen molar-refractivity contribution in [2.75, 3.05) is 19.4 Å². The molecule has 0 bridgehead atoms. The van der Waals surface area contributed by atoms with Crippen molar-refractivity contribution < 1.29 is 44.0 Å². The Bertz CT molecular complexity index is 2010. The van der Waals surface area contributed by atoms with Crippen LogP contribution in [-0.4, -0.2) is 75.8 Å². The highest BCUT2D eigenvalue weighted by atomic mass is 16.5. The van der Waals surface area contributed by atoms with Gasteiger partial charge < -0.3 is 31.1 Å². The zero-order valence-electron chi connectivity index (χ0n) is 27.4. The third kappa shape index (κ3) is 5.32. The average Bonchev–Trinajstić information content (AvgIpc) is 3.05. The fourth-order valence-corrected chi connectivity index (χ4v) is 7.88. The number of carbonyl (C=O) groups excluding carboxylic acids is 5. The SMILES string of the molecule is CCC(=O)O[C@@H]1C2C(C(=O)C(C(N)=O)=C(O)[C@H]2N(C)C)C(=O)C2=C(O)c3c(ccc(NC(=O)Cc4cccc5ccccc45)c3O)[C@H](C)C21. The summed E-state index contributed by atoms with van der Waals surface area (Å²) in [7, 11) is 3.15. The Morgan fingerprint density at radius 1 is 0.959 bits per heavy atom. The lowest BCUT2D eigenvalue weighted by molar-refractivity contribution is -0.166. The number of carbonyl (C=O) groups is 5. The number of hydrogen-bond acceptors (Lipinski definition) is 10. The lowest BCUT2D eigenvalue weighted by atomic mass is 9.56. The van der Waals surface area contributed by atoms with Crippen molar-refractivity contribution in [2.24, 2.45) is 23.5 Å². The van der Waals surface area contributed by atoms with Crippen LogP contribution in [0.2, 0.25) is 0 Å². The van der Waals surface area contributed by atoms with Crippen molar-refractivity contribution in [3.63, 3.8) is 0 Å². The van der Waals surface area contributed by atoms with E-state index in [2.05, 4.69) is 5.32 Å². The van der Waals surface area contributed by atoms with Crippen LogP contribution in [0.1, 0.15) is 42.9 Å². The summed E-state index contributed by atoms with van der Waals surface area (Å²) in [6.45, 7) is 3.31. The highest BCUT2D eigenvalue weighted by Gasteiger charge is 2.62. The van der Waals surface area contributed by atoms with Crippen molar-refractivity contribution in [1.82, 2.24) is 4.90 Å². The van der Waals surface area contributed by atoms with Crippen molar-refractivity contribution in [3.05, 3.63) is 88.2 Å². The summed E-state index contributed by atoms with van der Waals surface area (Å²) in [6, 6.07) is 15.2. The molecule has 0 aromatic heterocycles. The molecule has 0 aliphatic heterocycles. The number of aromatic hydroxyl groups is 1. The van der Waals surface area contributed by atoms with Crippen LogP contribution >= 0.6 is 0 Å². The number of nitrogens with two attached hydrogens (primary N) is 1. The van der Waals surface area contributed by atoms with E-state index in [1.165, 1.54) is 11.0 Å². The largest absolute Gasteiger partial charge is 0.510 e. The summed E-state index contributed by atoms with van der Waals surface area (Å²) in [4.78, 5) is 68.1. The average molecular weight is 668 g/mol. The van der Waals surface area contributed by atoms with Crippen LogP contribution in [0.25, 0.3) is 16.5 Å². The number of amides is 2. The number of esters is 1. The molecule has 3 aromatic carbocycles. The second-order valence-corrected chi connectivity index (χ2v) is 13.0. The predicted molar refractivity (Wildman–Crippen MR) is 179 cm³/mol. The number of benzene rings is 3. The zero-order valence-corrected chi connectivity index (χ0v) is 27.4. The molecule has 0 heterocycles. The van der Waals surface area contributed by atoms with Crippen molar-refractivity contribution in [2.45, 2.75) is 44.8 Å². The lowest BCUT2D eigenvalue weighted by Crippen LogP contribution is -2.62. The molecule has 1 saturated carbocycles. The van der Waals surface area contributed by atoms with E-state index in [1.54, 1.807) is 34.0 Å². The minimum Gasteiger partial charge on any atom is -0.510 e. The molecule has 49 heavy (non-hydrogen) atoms. The molecule has 3 aliphatic rings. The van der Waals surface area contributed by atoms with E-state index in [0.717, 1.165) is 16.3 Å². The van der Waals surface area contributed by atoms with E-state index < -0.39 is 88.0 Å². The molecule has 6 N–H and O–H groups in total. The number of phenols is 1. The van der Waals surface area contributed by atoms with Crippen LogP contribution < -0.4 is 11.1 Å². The Balaban J connectivity index is 1.44. The standard InChI is InChI=1S/C37H37N3O9/c1-5-23(42)49-36-24-16(2)19-13-14-21(39-22(41)15-18-11-8-10-17-9-6-7-12-20(17)18)31(43)25(19)32(44)27(24)33(45)28-26(36)30(40(3)4)35(47)29(34(28)46)37(38)48/h6-14,16,24,26,28,30,36,43-44,47H,5,15H2,1-4H3,(H2,38,48)(H,39,41)/t16-,24?,26?,28?,30-,36-/m0/s1. The van der Waals surface area contributed by atoms with Crippen LogP contribution in [0, 0.1) is 17.8 Å². The van der Waals surface area contributed by atoms with Crippen LogP contribution in [0.15, 0.2) is 71.5 Å². The van der Waals surface area contributed by atoms with Gasteiger partial charge in [-0.3, -0.25) is 28.9 Å². The molecular weight excluding hydrogens is 630 g/mol. The van der Waals surface area contributed by atoms with Gasteiger partial charge in [0.15, 0.2) is 11.6 Å². The van der Waals surface area contributed by atoms with Crippen LogP contribution in [-0.2, 0) is 35.1 Å². The number of nitrogens with zero attached hydrogens (tertiary/aromatic N) is 1. The summed E-state index contributed by atoms with van der Waals surface area (Å²) in [5, 5.41) is 39.0. The smallest absolute Gasteiger partial charge is 0.305 e. The highest BCUT2D eigenvalue weighted by molar-refractivity contribution is 6.28. The van der Waals surface area contributed by atoms with Gasteiger partial charge in [0.2, 0.25) is 5.91 Å². The highest BCUT2D eigenvalue weighted by Crippen LogP contribution is 2.56. The monoisotopic (exact) mass is 667 g/mol. The molecule has 0 saturated heterocycles. The number of primary amides is 1. The number of phenolic OH excluding ortho intramolecular Hbond substituents is 1. The molecule has 2 amide bonds. The molecule has 6 atom stereocenters. The molecule has 3 aromatic rings. The molecule has 12 nitrogen and oxygen atoms in total. The number of anilines is 1. The van der Waals surface area contributed by atoms with E-state index in [1.807, 2.05) is 42.5 Å². The quantitative estimate of drug-likeness (QED) is 0.107. The summed E-state index contributed by atoms with van der Waals surface area (Å²) in [5.41, 5.74) is 5.53. The molecule has 254 valence electrons. The van der Waals surface area contributed by atoms with E-state index in [-0.39, 0.29) is 29.7 Å². The molecule has 1 fully saturated rings. The normalized spacial score (nSPS) is 24.8. The molecule has 0 spiro atoms. The Morgan fingerprint density at radius 2 is 1.65 bits per heavy atom. The van der Waals surface area contributed by atoms with Gasteiger partial charge in [0.05, 0.1) is 29.6 Å². The maximum atomic E-state index is 14.4. The minimum absolute atomic E-state index is 0.00678. The Hall–Kier alpha value is -5.49. The summed E-state index contributed by atoms with van der Waals surface area (Å²) in [6.07, 6.45) is -1.26. The lowest BCUT2D eigenvalue weighted by Gasteiger charge is -2.51. The van der Waals surface area contributed by atoms with Gasteiger partial charge in [-0.25, -0.2) is 0 Å². The number of aliphatic hydroxyl groups is 2. The number of rotatable bonds is 7. The number of likely N-dealkylation sites (N-methyl/N-ethyl adjacent to an activating group) is 1. The first kappa shape index (κ1) is 33.4. The number of ether oxygens (including phenoxy) is 1. The van der Waals surface area contributed by atoms with Gasteiger partial charge in [-0.1, -0.05) is 62.4 Å². The van der Waals surface area contributed by atoms with Gasteiger partial charge in [0.25, 0.3) is 5.91 Å². The van der Waals surface area contributed by atoms with Gasteiger partial charge in [-0.05, 0) is 48.0 Å². The summed E-state index contributed by atoms with van der Waals surface area (Å²) in [5.74, 6) is -10.4.